The first-order chi connectivity index (χ1) is 19.0. The van der Waals surface area contributed by atoms with Crippen LogP contribution in [0.2, 0.25) is 5.28 Å². The van der Waals surface area contributed by atoms with Crippen molar-refractivity contribution >= 4 is 23.5 Å². The second kappa shape index (κ2) is 11.1. The summed E-state index contributed by atoms with van der Waals surface area (Å²) in [5.41, 5.74) is 0.306. The van der Waals surface area contributed by atoms with E-state index in [-0.39, 0.29) is 38.5 Å². The van der Waals surface area contributed by atoms with Crippen LogP contribution in [0.15, 0.2) is 0 Å². The van der Waals surface area contributed by atoms with Gasteiger partial charge in [0.05, 0.1) is 0 Å². The number of aromatic nitrogens is 3. The lowest BCUT2D eigenvalue weighted by molar-refractivity contribution is 0.0685. The fourth-order valence-electron chi connectivity index (χ4n) is 9.97. The van der Waals surface area contributed by atoms with Gasteiger partial charge in [-0.05, 0) is 130 Å². The first-order valence-electron chi connectivity index (χ1n) is 16.6. The molecule has 4 aliphatic rings. The number of nitrogens with one attached hydrogen (secondary N) is 4. The van der Waals surface area contributed by atoms with Gasteiger partial charge in [0.1, 0.15) is 0 Å². The van der Waals surface area contributed by atoms with Crippen LogP contribution in [0.5, 0.6) is 0 Å². The molecule has 0 amide bonds. The molecule has 41 heavy (non-hydrogen) atoms. The number of hydrogen-bond acceptors (Lipinski definition) is 7. The van der Waals surface area contributed by atoms with Crippen LogP contribution in [0, 0.1) is 11.8 Å². The largest absolute Gasteiger partial charge is 0.348 e. The van der Waals surface area contributed by atoms with E-state index in [2.05, 4.69) is 86.6 Å². The van der Waals surface area contributed by atoms with E-state index in [9.17, 15) is 0 Å². The van der Waals surface area contributed by atoms with Gasteiger partial charge < -0.3 is 21.3 Å². The predicted molar refractivity (Wildman–Crippen MR) is 172 cm³/mol. The van der Waals surface area contributed by atoms with Crippen molar-refractivity contribution in [3.8, 4) is 0 Å². The molecule has 2 saturated heterocycles. The molecule has 4 N–H and O–H groups in total. The van der Waals surface area contributed by atoms with E-state index < -0.39 is 0 Å². The molecule has 2 aliphatic carbocycles. The fraction of sp³-hybridized carbons (Fsp3) is 0.909. The lowest BCUT2D eigenvalue weighted by Gasteiger charge is -2.54. The number of anilines is 2. The van der Waals surface area contributed by atoms with E-state index in [4.69, 9.17) is 16.6 Å². The Morgan fingerprint density at radius 2 is 0.854 bits per heavy atom. The summed E-state index contributed by atoms with van der Waals surface area (Å²) in [4.78, 5) is 14.4. The zero-order chi connectivity index (χ0) is 29.7. The monoisotopic (exact) mass is 587 g/mol. The smallest absolute Gasteiger partial charge is 0.229 e. The zero-order valence-electron chi connectivity index (χ0n) is 27.3. The highest BCUT2D eigenvalue weighted by Crippen LogP contribution is 2.48. The van der Waals surface area contributed by atoms with Crippen molar-refractivity contribution in [3.05, 3.63) is 5.28 Å². The normalized spacial score (nSPS) is 29.0. The molecule has 2 saturated carbocycles. The van der Waals surface area contributed by atoms with Crippen LogP contribution >= 0.6 is 11.6 Å². The number of nitrogens with zero attached hydrogens (tertiary/aromatic N) is 3. The Hall–Kier alpha value is -1.18. The summed E-state index contributed by atoms with van der Waals surface area (Å²) in [5, 5.41) is 16.0. The van der Waals surface area contributed by atoms with E-state index in [1.54, 1.807) is 0 Å². The number of rotatable bonds is 6. The molecule has 1 aromatic rings. The third-order valence-corrected chi connectivity index (χ3v) is 10.9. The van der Waals surface area contributed by atoms with Gasteiger partial charge in [-0.15, -0.1) is 0 Å². The molecular formula is C33H58ClN7. The standard InChI is InChI=1S/C33H58ClN7/c1-28(2)19-23(20-29(3,4)40-28)32(15-11-9-12-16-32)38-26-35-25(34)36-27(37-26)39-33(17-13-10-14-18-33)24-21-30(5,6)41-31(7,8)22-24/h23-24,40-41H,9-22H2,1-8H3,(H2,35,36,37,38,39). The van der Waals surface area contributed by atoms with Crippen molar-refractivity contribution in [2.45, 2.75) is 179 Å². The van der Waals surface area contributed by atoms with Crippen molar-refractivity contribution in [2.24, 2.45) is 11.8 Å². The van der Waals surface area contributed by atoms with Gasteiger partial charge in [0.25, 0.3) is 0 Å². The Bertz CT molecular complexity index is 957. The SMILES string of the molecule is CC1(C)CC(C2(Nc3nc(Cl)nc(NC4(C5CC(C)(C)NC(C)(C)C5)CCCCC4)n3)CCCCC2)CC(C)(C)N1. The first kappa shape index (κ1) is 31.3. The summed E-state index contributed by atoms with van der Waals surface area (Å²) in [6.45, 7) is 18.8. The van der Waals surface area contributed by atoms with E-state index in [0.717, 1.165) is 51.4 Å². The number of piperidine rings is 2. The van der Waals surface area contributed by atoms with Gasteiger partial charge in [0.15, 0.2) is 0 Å². The van der Waals surface area contributed by atoms with Gasteiger partial charge in [-0.3, -0.25) is 0 Å². The Morgan fingerprint density at radius 3 is 1.17 bits per heavy atom. The quantitative estimate of drug-likeness (QED) is 0.269. The second-order valence-corrected chi connectivity index (χ2v) is 17.3. The summed E-state index contributed by atoms with van der Waals surface area (Å²) in [5.74, 6) is 2.34. The molecule has 0 spiro atoms. The topological polar surface area (TPSA) is 86.8 Å². The summed E-state index contributed by atoms with van der Waals surface area (Å²) in [6, 6.07) is 0. The van der Waals surface area contributed by atoms with E-state index >= 15 is 0 Å². The van der Waals surface area contributed by atoms with Gasteiger partial charge in [-0.25, -0.2) is 0 Å². The van der Waals surface area contributed by atoms with Crippen LogP contribution in [-0.2, 0) is 0 Å². The van der Waals surface area contributed by atoms with Crippen LogP contribution in [0.1, 0.15) is 145 Å². The molecule has 7 nitrogen and oxygen atoms in total. The van der Waals surface area contributed by atoms with Crippen molar-refractivity contribution in [2.75, 3.05) is 10.6 Å². The van der Waals surface area contributed by atoms with Gasteiger partial charge in [0, 0.05) is 33.2 Å². The lowest BCUT2D eigenvalue weighted by atomic mass is 9.63. The van der Waals surface area contributed by atoms with E-state index in [0.29, 0.717) is 23.7 Å². The molecule has 5 rings (SSSR count). The highest BCUT2D eigenvalue weighted by atomic mass is 35.5. The Labute approximate surface area is 255 Å². The van der Waals surface area contributed by atoms with Gasteiger partial charge in [-0.2, -0.15) is 15.0 Å². The van der Waals surface area contributed by atoms with Crippen molar-refractivity contribution in [3.63, 3.8) is 0 Å². The molecule has 1 aromatic heterocycles. The third-order valence-electron chi connectivity index (χ3n) is 10.8. The van der Waals surface area contributed by atoms with Crippen molar-refractivity contribution in [1.82, 2.24) is 25.6 Å². The number of halogens is 1. The lowest BCUT2D eigenvalue weighted by Crippen LogP contribution is -2.63. The summed E-state index contributed by atoms with van der Waals surface area (Å²) < 4.78 is 0. The molecule has 0 unspecified atom stereocenters. The average Bonchev–Trinajstić information content (AvgIpc) is 2.81. The summed E-state index contributed by atoms with van der Waals surface area (Å²) >= 11 is 6.67. The molecule has 2 aliphatic heterocycles. The Kier molecular flexibility index (Phi) is 8.44. The molecule has 0 atom stereocenters. The highest BCUT2D eigenvalue weighted by Gasteiger charge is 2.50. The summed E-state index contributed by atoms with van der Waals surface area (Å²) in [6.07, 6.45) is 16.7. The molecular weight excluding hydrogens is 530 g/mol. The molecule has 0 aromatic carbocycles. The van der Waals surface area contributed by atoms with Gasteiger partial charge >= 0.3 is 0 Å². The molecule has 8 heteroatoms. The predicted octanol–water partition coefficient (Wildman–Crippen LogP) is 7.87. The van der Waals surface area contributed by atoms with Crippen molar-refractivity contribution < 1.29 is 0 Å². The minimum absolute atomic E-state index is 0.0253. The molecule has 3 heterocycles. The van der Waals surface area contributed by atoms with E-state index in [1.807, 2.05) is 0 Å². The first-order valence-corrected chi connectivity index (χ1v) is 16.9. The maximum absolute atomic E-state index is 6.67. The van der Waals surface area contributed by atoms with Crippen LogP contribution in [0.3, 0.4) is 0 Å². The summed E-state index contributed by atoms with van der Waals surface area (Å²) in [7, 11) is 0. The number of hydrogen-bond donors (Lipinski definition) is 4. The molecule has 0 bridgehead atoms. The molecule has 0 radical (unpaired) electrons. The van der Waals surface area contributed by atoms with Crippen LogP contribution < -0.4 is 21.3 Å². The Balaban J connectivity index is 1.44. The van der Waals surface area contributed by atoms with Crippen LogP contribution in [-0.4, -0.2) is 48.2 Å². The molecule has 4 fully saturated rings. The second-order valence-electron chi connectivity index (χ2n) is 16.9. The highest BCUT2D eigenvalue weighted by molar-refractivity contribution is 6.28. The minimum Gasteiger partial charge on any atom is -0.348 e. The maximum atomic E-state index is 6.67. The van der Waals surface area contributed by atoms with E-state index in [1.165, 1.54) is 38.5 Å². The van der Waals surface area contributed by atoms with Gasteiger partial charge in [0.2, 0.25) is 17.2 Å². The van der Waals surface area contributed by atoms with Crippen molar-refractivity contribution in [1.29, 1.82) is 0 Å². The zero-order valence-corrected chi connectivity index (χ0v) is 28.0. The Morgan fingerprint density at radius 1 is 0.537 bits per heavy atom. The molecule has 232 valence electrons. The van der Waals surface area contributed by atoms with Crippen LogP contribution in [0.4, 0.5) is 11.9 Å². The minimum atomic E-state index is -0.0253. The fourth-order valence-corrected chi connectivity index (χ4v) is 10.1. The maximum Gasteiger partial charge on any atom is 0.229 e. The third kappa shape index (κ3) is 7.32. The van der Waals surface area contributed by atoms with Gasteiger partial charge in [-0.1, -0.05) is 38.5 Å². The average molecular weight is 588 g/mol. The van der Waals surface area contributed by atoms with Crippen LogP contribution in [0.25, 0.3) is 0 Å².